The van der Waals surface area contributed by atoms with Gasteiger partial charge < -0.3 is 15.7 Å². The molecule has 0 aromatic heterocycles. The molecule has 0 amide bonds. The van der Waals surface area contributed by atoms with E-state index in [-0.39, 0.29) is 6.10 Å². The van der Waals surface area contributed by atoms with Crippen molar-refractivity contribution in [3.63, 3.8) is 0 Å². The third-order valence-electron chi connectivity index (χ3n) is 3.17. The third kappa shape index (κ3) is 6.88. The molecule has 0 fully saturated rings. The van der Waals surface area contributed by atoms with Crippen molar-refractivity contribution in [2.75, 3.05) is 26.2 Å². The van der Waals surface area contributed by atoms with Gasteiger partial charge in [0.2, 0.25) is 0 Å². The van der Waals surface area contributed by atoms with Crippen molar-refractivity contribution in [1.29, 1.82) is 0 Å². The maximum absolute atomic E-state index is 9.40. The van der Waals surface area contributed by atoms with Crippen molar-refractivity contribution >= 4 is 0 Å². The monoisotopic (exact) mass is 216 g/mol. The predicted molar refractivity (Wildman–Crippen MR) is 65.9 cm³/mol. The highest BCUT2D eigenvalue weighted by atomic mass is 16.3. The first kappa shape index (κ1) is 14.9. The van der Waals surface area contributed by atoms with Gasteiger partial charge in [-0.2, -0.15) is 0 Å². The van der Waals surface area contributed by atoms with Crippen LogP contribution in [0.2, 0.25) is 0 Å². The van der Waals surface area contributed by atoms with Crippen LogP contribution >= 0.6 is 0 Å². The Hall–Kier alpha value is -0.120. The zero-order chi connectivity index (χ0) is 11.7. The lowest BCUT2D eigenvalue weighted by Crippen LogP contribution is -2.33. The summed E-state index contributed by atoms with van der Waals surface area (Å²) in [6.45, 7) is 10.2. The van der Waals surface area contributed by atoms with E-state index in [9.17, 15) is 5.11 Å². The van der Waals surface area contributed by atoms with E-state index in [1.807, 2.05) is 0 Å². The van der Waals surface area contributed by atoms with E-state index in [4.69, 9.17) is 5.73 Å². The molecule has 0 aliphatic rings. The number of hydrogen-bond donors (Lipinski definition) is 2. The fourth-order valence-electron chi connectivity index (χ4n) is 1.74. The standard InChI is InChI=1S/C12H28N2O/c1-4-11(5-2)10-14(6-3)8-7-12(15)9-13/h11-12,15H,4-10,13H2,1-3H3. The molecule has 3 heteroatoms. The lowest BCUT2D eigenvalue weighted by atomic mass is 10.0. The number of rotatable bonds is 9. The van der Waals surface area contributed by atoms with Crippen LogP contribution in [0.25, 0.3) is 0 Å². The molecule has 0 spiro atoms. The van der Waals surface area contributed by atoms with E-state index in [1.165, 1.54) is 12.8 Å². The molecule has 1 atom stereocenters. The summed E-state index contributed by atoms with van der Waals surface area (Å²) in [5.74, 6) is 0.792. The summed E-state index contributed by atoms with van der Waals surface area (Å²) in [7, 11) is 0. The zero-order valence-corrected chi connectivity index (χ0v) is 10.6. The molecule has 0 radical (unpaired) electrons. The largest absolute Gasteiger partial charge is 0.392 e. The van der Waals surface area contributed by atoms with Gasteiger partial charge in [-0.15, -0.1) is 0 Å². The molecule has 0 saturated carbocycles. The molecule has 3 nitrogen and oxygen atoms in total. The Labute approximate surface area is 94.6 Å². The molecular weight excluding hydrogens is 188 g/mol. The molecular formula is C12H28N2O. The molecule has 1 unspecified atom stereocenters. The SMILES string of the molecule is CCC(CC)CN(CC)CCC(O)CN. The van der Waals surface area contributed by atoms with E-state index in [2.05, 4.69) is 25.7 Å². The number of aliphatic hydroxyl groups is 1. The average Bonchev–Trinajstić information content (AvgIpc) is 2.29. The third-order valence-corrected chi connectivity index (χ3v) is 3.17. The summed E-state index contributed by atoms with van der Waals surface area (Å²) in [5.41, 5.74) is 5.38. The molecule has 0 heterocycles. The second-order valence-corrected chi connectivity index (χ2v) is 4.25. The van der Waals surface area contributed by atoms with Gasteiger partial charge in [0, 0.05) is 19.6 Å². The van der Waals surface area contributed by atoms with Crippen LogP contribution in [0.4, 0.5) is 0 Å². The smallest absolute Gasteiger partial charge is 0.0674 e. The Morgan fingerprint density at radius 3 is 2.20 bits per heavy atom. The Balaban J connectivity index is 3.80. The second kappa shape index (κ2) is 9.13. The molecule has 15 heavy (non-hydrogen) atoms. The molecule has 0 aromatic carbocycles. The van der Waals surface area contributed by atoms with E-state index >= 15 is 0 Å². The van der Waals surface area contributed by atoms with Crippen LogP contribution in [0.5, 0.6) is 0 Å². The first-order chi connectivity index (χ1) is 7.17. The Bertz CT molecular complexity index is 138. The first-order valence-corrected chi connectivity index (χ1v) is 6.28. The fourth-order valence-corrected chi connectivity index (χ4v) is 1.74. The summed E-state index contributed by atoms with van der Waals surface area (Å²) in [6.07, 6.45) is 2.95. The topological polar surface area (TPSA) is 49.5 Å². The highest BCUT2D eigenvalue weighted by molar-refractivity contribution is 4.65. The van der Waals surface area contributed by atoms with Gasteiger partial charge >= 0.3 is 0 Å². The van der Waals surface area contributed by atoms with E-state index in [0.29, 0.717) is 6.54 Å². The summed E-state index contributed by atoms with van der Waals surface area (Å²) in [5, 5.41) is 9.40. The lowest BCUT2D eigenvalue weighted by molar-refractivity contribution is 0.141. The van der Waals surface area contributed by atoms with Crippen molar-refractivity contribution in [1.82, 2.24) is 4.90 Å². The number of aliphatic hydroxyl groups excluding tert-OH is 1. The van der Waals surface area contributed by atoms with Crippen molar-refractivity contribution in [3.05, 3.63) is 0 Å². The minimum Gasteiger partial charge on any atom is -0.392 e. The second-order valence-electron chi connectivity index (χ2n) is 4.25. The average molecular weight is 216 g/mol. The minimum absolute atomic E-state index is 0.333. The number of nitrogens with zero attached hydrogens (tertiary/aromatic N) is 1. The summed E-state index contributed by atoms with van der Waals surface area (Å²) < 4.78 is 0. The maximum Gasteiger partial charge on any atom is 0.0674 e. The molecule has 0 rings (SSSR count). The molecule has 0 saturated heterocycles. The Morgan fingerprint density at radius 1 is 1.20 bits per heavy atom. The first-order valence-electron chi connectivity index (χ1n) is 6.28. The van der Waals surface area contributed by atoms with Gasteiger partial charge in [0.1, 0.15) is 0 Å². The van der Waals surface area contributed by atoms with Gasteiger partial charge in [-0.3, -0.25) is 0 Å². The predicted octanol–water partition coefficient (Wildman–Crippen LogP) is 1.45. The van der Waals surface area contributed by atoms with Crippen molar-refractivity contribution in [2.45, 2.75) is 46.1 Å². The molecule has 92 valence electrons. The highest BCUT2D eigenvalue weighted by Crippen LogP contribution is 2.10. The van der Waals surface area contributed by atoms with Crippen LogP contribution in [0, 0.1) is 5.92 Å². The molecule has 0 bridgehead atoms. The van der Waals surface area contributed by atoms with Crippen molar-refractivity contribution in [3.8, 4) is 0 Å². The molecule has 0 aliphatic carbocycles. The minimum atomic E-state index is -0.333. The van der Waals surface area contributed by atoms with Gasteiger partial charge in [0.15, 0.2) is 0 Å². The number of hydrogen-bond acceptors (Lipinski definition) is 3. The molecule has 3 N–H and O–H groups in total. The summed E-state index contributed by atoms with van der Waals surface area (Å²) in [4.78, 5) is 2.41. The lowest BCUT2D eigenvalue weighted by Gasteiger charge is -2.25. The van der Waals surface area contributed by atoms with Crippen LogP contribution in [-0.2, 0) is 0 Å². The van der Waals surface area contributed by atoms with Gasteiger partial charge in [-0.05, 0) is 18.9 Å². The molecule has 0 aromatic rings. The van der Waals surface area contributed by atoms with Gasteiger partial charge in [0.05, 0.1) is 6.10 Å². The van der Waals surface area contributed by atoms with Gasteiger partial charge in [-0.25, -0.2) is 0 Å². The quantitative estimate of drug-likeness (QED) is 0.613. The zero-order valence-electron chi connectivity index (χ0n) is 10.6. The van der Waals surface area contributed by atoms with E-state index in [1.54, 1.807) is 0 Å². The van der Waals surface area contributed by atoms with Crippen LogP contribution < -0.4 is 5.73 Å². The Morgan fingerprint density at radius 2 is 1.80 bits per heavy atom. The molecule has 0 aliphatic heterocycles. The van der Waals surface area contributed by atoms with Crippen LogP contribution in [0.15, 0.2) is 0 Å². The maximum atomic E-state index is 9.40. The van der Waals surface area contributed by atoms with Crippen molar-refractivity contribution < 1.29 is 5.11 Å². The van der Waals surface area contributed by atoms with Crippen LogP contribution in [0.1, 0.15) is 40.0 Å². The summed E-state index contributed by atoms with van der Waals surface area (Å²) in [6, 6.07) is 0. The van der Waals surface area contributed by atoms with E-state index in [0.717, 1.165) is 32.0 Å². The van der Waals surface area contributed by atoms with Crippen molar-refractivity contribution in [2.24, 2.45) is 11.7 Å². The fraction of sp³-hybridized carbons (Fsp3) is 1.00. The van der Waals surface area contributed by atoms with Gasteiger partial charge in [0.25, 0.3) is 0 Å². The van der Waals surface area contributed by atoms with Gasteiger partial charge in [-0.1, -0.05) is 33.6 Å². The Kier molecular flexibility index (Phi) is 9.06. The van der Waals surface area contributed by atoms with Crippen LogP contribution in [0.3, 0.4) is 0 Å². The number of nitrogens with two attached hydrogens (primary N) is 1. The summed E-state index contributed by atoms with van der Waals surface area (Å²) >= 11 is 0. The highest BCUT2D eigenvalue weighted by Gasteiger charge is 2.11. The normalized spacial score (nSPS) is 13.8. The van der Waals surface area contributed by atoms with E-state index < -0.39 is 0 Å². The van der Waals surface area contributed by atoms with Crippen LogP contribution in [-0.4, -0.2) is 42.3 Å².